The largest absolute Gasteiger partial charge is 0.481 e. The lowest BCUT2D eigenvalue weighted by molar-refractivity contribution is 0.102. The lowest BCUT2D eigenvalue weighted by Crippen LogP contribution is -2.13. The molecule has 1 amide bonds. The van der Waals surface area contributed by atoms with Crippen LogP contribution in [0.15, 0.2) is 18.6 Å². The number of hydrogen-bond acceptors (Lipinski definition) is 6. The van der Waals surface area contributed by atoms with Crippen molar-refractivity contribution in [3.05, 3.63) is 29.2 Å². The summed E-state index contributed by atoms with van der Waals surface area (Å²) < 4.78 is 4.92. The summed E-state index contributed by atoms with van der Waals surface area (Å²) in [4.78, 5) is 24.6. The third-order valence-corrected chi connectivity index (χ3v) is 2.75. The Morgan fingerprint density at radius 1 is 1.41 bits per heavy atom. The first kappa shape index (κ1) is 11.5. The Morgan fingerprint density at radius 2 is 2.24 bits per heavy atom. The average molecular weight is 250 g/mol. The van der Waals surface area contributed by atoms with Crippen molar-refractivity contribution < 1.29 is 9.53 Å². The molecule has 0 saturated carbocycles. The van der Waals surface area contributed by atoms with E-state index in [1.165, 1.54) is 30.8 Å². The van der Waals surface area contributed by atoms with Crippen LogP contribution in [0.25, 0.3) is 0 Å². The number of rotatable bonds is 3. The van der Waals surface area contributed by atoms with Gasteiger partial charge in [-0.3, -0.25) is 10.1 Å². The van der Waals surface area contributed by atoms with Crippen molar-refractivity contribution in [3.8, 4) is 5.88 Å². The molecular weight excluding hydrogens is 240 g/mol. The number of aromatic nitrogens is 3. The molecule has 0 saturated heterocycles. The van der Waals surface area contributed by atoms with E-state index in [-0.39, 0.29) is 11.6 Å². The van der Waals surface area contributed by atoms with Gasteiger partial charge in [-0.05, 0) is 6.92 Å². The number of hydrogen-bond donors (Lipinski definition) is 1. The molecule has 17 heavy (non-hydrogen) atoms. The molecule has 0 radical (unpaired) electrons. The quantitative estimate of drug-likeness (QED) is 0.893. The topological polar surface area (TPSA) is 77.0 Å². The van der Waals surface area contributed by atoms with Crippen molar-refractivity contribution in [2.75, 3.05) is 12.4 Å². The Bertz CT molecular complexity index is 541. The molecule has 7 heteroatoms. The fraction of sp³-hybridized carbons (Fsp3) is 0.200. The SMILES string of the molecule is COc1cc(C(=O)Nc2ncc(C)s2)ncn1. The predicted octanol–water partition coefficient (Wildman–Crippen LogP) is 1.50. The fourth-order valence-electron chi connectivity index (χ4n) is 1.15. The number of carbonyl (C=O) groups excluding carboxylic acids is 1. The summed E-state index contributed by atoms with van der Waals surface area (Å²) in [6, 6.07) is 1.47. The van der Waals surface area contributed by atoms with Crippen molar-refractivity contribution in [2.24, 2.45) is 0 Å². The van der Waals surface area contributed by atoms with Crippen molar-refractivity contribution >= 4 is 22.4 Å². The van der Waals surface area contributed by atoms with Crippen LogP contribution in [0.5, 0.6) is 5.88 Å². The van der Waals surface area contributed by atoms with E-state index in [2.05, 4.69) is 20.3 Å². The normalized spacial score (nSPS) is 10.0. The van der Waals surface area contributed by atoms with Crippen LogP contribution in [-0.2, 0) is 0 Å². The highest BCUT2D eigenvalue weighted by molar-refractivity contribution is 7.15. The Hall–Kier alpha value is -2.02. The van der Waals surface area contributed by atoms with E-state index in [0.29, 0.717) is 11.0 Å². The van der Waals surface area contributed by atoms with E-state index in [1.807, 2.05) is 6.92 Å². The lowest BCUT2D eigenvalue weighted by atomic mass is 10.4. The molecule has 0 aromatic carbocycles. The summed E-state index contributed by atoms with van der Waals surface area (Å²) in [5.74, 6) is 0.0144. The van der Waals surface area contributed by atoms with Crippen molar-refractivity contribution in [1.82, 2.24) is 15.0 Å². The van der Waals surface area contributed by atoms with Gasteiger partial charge in [-0.2, -0.15) is 0 Å². The Kier molecular flexibility index (Phi) is 3.29. The number of nitrogens with zero attached hydrogens (tertiary/aromatic N) is 3. The molecule has 2 heterocycles. The van der Waals surface area contributed by atoms with Gasteiger partial charge in [0.15, 0.2) is 5.13 Å². The molecule has 2 aromatic heterocycles. The van der Waals surface area contributed by atoms with Crippen molar-refractivity contribution in [2.45, 2.75) is 6.92 Å². The Labute approximate surface area is 102 Å². The second kappa shape index (κ2) is 4.88. The van der Waals surface area contributed by atoms with Crippen LogP contribution in [0, 0.1) is 6.92 Å². The number of ether oxygens (including phenoxy) is 1. The van der Waals surface area contributed by atoms with Gasteiger partial charge in [0.25, 0.3) is 5.91 Å². The number of aryl methyl sites for hydroxylation is 1. The molecule has 0 aliphatic carbocycles. The second-order valence-corrected chi connectivity index (χ2v) is 4.41. The van der Waals surface area contributed by atoms with Crippen LogP contribution < -0.4 is 10.1 Å². The highest BCUT2D eigenvalue weighted by Crippen LogP contribution is 2.17. The summed E-state index contributed by atoms with van der Waals surface area (Å²) in [5.41, 5.74) is 0.240. The highest BCUT2D eigenvalue weighted by Gasteiger charge is 2.10. The van der Waals surface area contributed by atoms with Gasteiger partial charge < -0.3 is 4.74 Å². The highest BCUT2D eigenvalue weighted by atomic mass is 32.1. The van der Waals surface area contributed by atoms with Gasteiger partial charge in [-0.25, -0.2) is 15.0 Å². The van der Waals surface area contributed by atoms with Gasteiger partial charge >= 0.3 is 0 Å². The molecule has 0 spiro atoms. The van der Waals surface area contributed by atoms with Crippen LogP contribution in [-0.4, -0.2) is 28.0 Å². The first-order chi connectivity index (χ1) is 8.19. The van der Waals surface area contributed by atoms with Crippen LogP contribution in [0.2, 0.25) is 0 Å². The number of amides is 1. The Morgan fingerprint density at radius 3 is 2.88 bits per heavy atom. The zero-order valence-electron chi connectivity index (χ0n) is 9.30. The van der Waals surface area contributed by atoms with Gasteiger partial charge in [0.2, 0.25) is 5.88 Å². The molecule has 2 aromatic rings. The zero-order valence-corrected chi connectivity index (χ0v) is 10.1. The lowest BCUT2D eigenvalue weighted by Gasteiger charge is -2.02. The maximum atomic E-state index is 11.8. The second-order valence-electron chi connectivity index (χ2n) is 3.18. The minimum Gasteiger partial charge on any atom is -0.481 e. The monoisotopic (exact) mass is 250 g/mol. The smallest absolute Gasteiger partial charge is 0.276 e. The van der Waals surface area contributed by atoms with Crippen LogP contribution in [0.4, 0.5) is 5.13 Å². The van der Waals surface area contributed by atoms with E-state index in [9.17, 15) is 4.79 Å². The van der Waals surface area contributed by atoms with Gasteiger partial charge in [0.05, 0.1) is 7.11 Å². The van der Waals surface area contributed by atoms with Crippen LogP contribution >= 0.6 is 11.3 Å². The molecule has 88 valence electrons. The molecular formula is C10H10N4O2S. The first-order valence-corrected chi connectivity index (χ1v) is 5.60. The molecule has 0 atom stereocenters. The molecule has 0 fully saturated rings. The average Bonchev–Trinajstić information content (AvgIpc) is 2.75. The van der Waals surface area contributed by atoms with Crippen molar-refractivity contribution in [3.63, 3.8) is 0 Å². The molecule has 6 nitrogen and oxygen atoms in total. The van der Waals surface area contributed by atoms with E-state index in [4.69, 9.17) is 4.74 Å². The molecule has 0 unspecified atom stereocenters. The minimum atomic E-state index is -0.333. The molecule has 0 aliphatic rings. The summed E-state index contributed by atoms with van der Waals surface area (Å²) in [7, 11) is 1.48. The first-order valence-electron chi connectivity index (χ1n) is 4.79. The van der Waals surface area contributed by atoms with E-state index >= 15 is 0 Å². The maximum absolute atomic E-state index is 11.8. The maximum Gasteiger partial charge on any atom is 0.276 e. The van der Waals surface area contributed by atoms with Gasteiger partial charge in [0, 0.05) is 17.1 Å². The van der Waals surface area contributed by atoms with E-state index in [0.717, 1.165) is 4.88 Å². The Balaban J connectivity index is 2.14. The van der Waals surface area contributed by atoms with Crippen LogP contribution in [0.1, 0.15) is 15.4 Å². The van der Waals surface area contributed by atoms with Crippen molar-refractivity contribution in [1.29, 1.82) is 0 Å². The molecule has 2 rings (SSSR count). The fourth-order valence-corrected chi connectivity index (χ4v) is 1.81. The third kappa shape index (κ3) is 2.76. The predicted molar refractivity (Wildman–Crippen MR) is 63.4 cm³/mol. The number of carbonyl (C=O) groups is 1. The standard InChI is InChI=1S/C10H10N4O2S/c1-6-4-11-10(17-6)14-9(15)7-3-8(16-2)13-5-12-7/h3-5H,1-2H3,(H,11,14,15). The van der Waals surface area contributed by atoms with Gasteiger partial charge in [-0.15, -0.1) is 11.3 Å². The van der Waals surface area contributed by atoms with E-state index < -0.39 is 0 Å². The number of thiazole rings is 1. The summed E-state index contributed by atoms with van der Waals surface area (Å²) in [6.07, 6.45) is 2.97. The number of nitrogens with one attached hydrogen (secondary N) is 1. The third-order valence-electron chi connectivity index (χ3n) is 1.93. The van der Waals surface area contributed by atoms with Gasteiger partial charge in [0.1, 0.15) is 12.0 Å². The molecule has 0 aliphatic heterocycles. The summed E-state index contributed by atoms with van der Waals surface area (Å²) in [6.45, 7) is 1.92. The van der Waals surface area contributed by atoms with Gasteiger partial charge in [-0.1, -0.05) is 0 Å². The number of methoxy groups -OCH3 is 1. The van der Waals surface area contributed by atoms with E-state index in [1.54, 1.807) is 6.20 Å². The summed E-state index contributed by atoms with van der Waals surface area (Å²) in [5, 5.41) is 3.20. The van der Waals surface area contributed by atoms with Crippen LogP contribution in [0.3, 0.4) is 0 Å². The minimum absolute atomic E-state index is 0.240. The molecule has 0 bridgehead atoms. The summed E-state index contributed by atoms with van der Waals surface area (Å²) >= 11 is 1.40. The number of anilines is 1. The molecule has 1 N–H and O–H groups in total. The zero-order chi connectivity index (χ0) is 12.3.